The van der Waals surface area contributed by atoms with Crippen molar-refractivity contribution in [2.75, 3.05) is 43.1 Å². The summed E-state index contributed by atoms with van der Waals surface area (Å²) < 4.78 is 5.41. The SMILES string of the molecule is Cc1ccccc1CN(CC(=O)Nc1ccc(N2CCOCC2)cc1)C(=O)Cc1ccccc1. The largest absolute Gasteiger partial charge is 0.378 e. The van der Waals surface area contributed by atoms with E-state index in [1.807, 2.05) is 85.8 Å². The Bertz CT molecular complexity index is 1090. The van der Waals surface area contributed by atoms with Crippen LogP contribution in [0, 0.1) is 6.92 Å². The van der Waals surface area contributed by atoms with Crippen molar-refractivity contribution in [2.24, 2.45) is 0 Å². The summed E-state index contributed by atoms with van der Waals surface area (Å²) in [6.45, 7) is 5.59. The van der Waals surface area contributed by atoms with Crippen LogP contribution in [0.3, 0.4) is 0 Å². The van der Waals surface area contributed by atoms with Crippen molar-refractivity contribution >= 4 is 23.2 Å². The van der Waals surface area contributed by atoms with Gasteiger partial charge in [0.05, 0.1) is 19.6 Å². The first kappa shape index (κ1) is 23.5. The van der Waals surface area contributed by atoms with Gasteiger partial charge in [0.2, 0.25) is 11.8 Å². The third-order valence-corrected chi connectivity index (χ3v) is 6.04. The number of anilines is 2. The van der Waals surface area contributed by atoms with E-state index in [2.05, 4.69) is 10.2 Å². The van der Waals surface area contributed by atoms with Gasteiger partial charge in [-0.05, 0) is 47.9 Å². The number of morpholine rings is 1. The molecule has 0 bridgehead atoms. The number of ether oxygens (including phenoxy) is 1. The summed E-state index contributed by atoms with van der Waals surface area (Å²) in [5.41, 5.74) is 4.89. The first-order valence-corrected chi connectivity index (χ1v) is 11.7. The van der Waals surface area contributed by atoms with E-state index in [1.165, 1.54) is 0 Å². The minimum absolute atomic E-state index is 0.00871. The van der Waals surface area contributed by atoms with E-state index in [1.54, 1.807) is 4.90 Å². The minimum Gasteiger partial charge on any atom is -0.378 e. The number of aryl methyl sites for hydroxylation is 1. The Balaban J connectivity index is 1.42. The summed E-state index contributed by atoms with van der Waals surface area (Å²) in [5.74, 6) is -0.290. The van der Waals surface area contributed by atoms with E-state index >= 15 is 0 Å². The van der Waals surface area contributed by atoms with Crippen LogP contribution in [-0.4, -0.2) is 49.6 Å². The Hall–Kier alpha value is -3.64. The van der Waals surface area contributed by atoms with Gasteiger partial charge in [-0.1, -0.05) is 54.6 Å². The molecule has 1 saturated heterocycles. The van der Waals surface area contributed by atoms with Gasteiger partial charge in [0.25, 0.3) is 0 Å². The van der Waals surface area contributed by atoms with Gasteiger partial charge in [0.1, 0.15) is 6.54 Å². The van der Waals surface area contributed by atoms with Crippen LogP contribution in [0.15, 0.2) is 78.9 Å². The molecule has 0 atom stereocenters. The number of hydrogen-bond acceptors (Lipinski definition) is 4. The summed E-state index contributed by atoms with van der Waals surface area (Å²) in [7, 11) is 0. The highest BCUT2D eigenvalue weighted by Crippen LogP contribution is 2.19. The van der Waals surface area contributed by atoms with Crippen LogP contribution in [-0.2, 0) is 27.3 Å². The lowest BCUT2D eigenvalue weighted by Crippen LogP contribution is -2.38. The van der Waals surface area contributed by atoms with Crippen molar-refractivity contribution < 1.29 is 14.3 Å². The van der Waals surface area contributed by atoms with Crippen molar-refractivity contribution in [3.05, 3.63) is 95.6 Å². The Labute approximate surface area is 201 Å². The Kier molecular flexibility index (Phi) is 7.94. The Morgan fingerprint density at radius 3 is 2.29 bits per heavy atom. The summed E-state index contributed by atoms with van der Waals surface area (Å²) >= 11 is 0. The predicted molar refractivity (Wildman–Crippen MR) is 135 cm³/mol. The molecule has 176 valence electrons. The van der Waals surface area contributed by atoms with Crippen LogP contribution in [0.1, 0.15) is 16.7 Å². The fourth-order valence-electron chi connectivity index (χ4n) is 4.06. The molecular weight excluding hydrogens is 426 g/mol. The highest BCUT2D eigenvalue weighted by Gasteiger charge is 2.19. The van der Waals surface area contributed by atoms with Crippen LogP contribution >= 0.6 is 0 Å². The summed E-state index contributed by atoms with van der Waals surface area (Å²) in [6, 6.07) is 25.4. The van der Waals surface area contributed by atoms with Crippen LogP contribution < -0.4 is 10.2 Å². The van der Waals surface area contributed by atoms with E-state index in [0.29, 0.717) is 12.2 Å². The molecule has 1 heterocycles. The van der Waals surface area contributed by atoms with Crippen molar-refractivity contribution in [3.63, 3.8) is 0 Å². The number of benzene rings is 3. The maximum atomic E-state index is 13.2. The number of nitrogens with one attached hydrogen (secondary N) is 1. The van der Waals surface area contributed by atoms with Crippen LogP contribution in [0.5, 0.6) is 0 Å². The quantitative estimate of drug-likeness (QED) is 0.555. The normalized spacial score (nSPS) is 13.4. The third kappa shape index (κ3) is 6.45. The third-order valence-electron chi connectivity index (χ3n) is 6.04. The van der Waals surface area contributed by atoms with Gasteiger partial charge in [0.15, 0.2) is 0 Å². The lowest BCUT2D eigenvalue weighted by Gasteiger charge is -2.29. The molecule has 6 heteroatoms. The van der Waals surface area contributed by atoms with Crippen molar-refractivity contribution in [1.82, 2.24) is 4.90 Å². The zero-order chi connectivity index (χ0) is 23.8. The second-order valence-electron chi connectivity index (χ2n) is 8.53. The molecule has 0 aromatic heterocycles. The van der Waals surface area contributed by atoms with E-state index in [9.17, 15) is 9.59 Å². The zero-order valence-electron chi connectivity index (χ0n) is 19.6. The number of rotatable bonds is 8. The second-order valence-corrected chi connectivity index (χ2v) is 8.53. The molecule has 0 radical (unpaired) electrons. The maximum Gasteiger partial charge on any atom is 0.244 e. The lowest BCUT2D eigenvalue weighted by atomic mass is 10.1. The maximum absolute atomic E-state index is 13.2. The van der Waals surface area contributed by atoms with Crippen LogP contribution in [0.2, 0.25) is 0 Å². The summed E-state index contributed by atoms with van der Waals surface area (Å²) in [4.78, 5) is 30.0. The second kappa shape index (κ2) is 11.5. The predicted octanol–water partition coefficient (Wildman–Crippen LogP) is 4.04. The molecule has 1 N–H and O–H groups in total. The number of carbonyl (C=O) groups excluding carboxylic acids is 2. The molecule has 6 nitrogen and oxygen atoms in total. The van der Waals surface area contributed by atoms with Gasteiger partial charge in [-0.2, -0.15) is 0 Å². The standard InChI is InChI=1S/C28H31N3O3/c1-22-7-5-6-10-24(22)20-31(28(33)19-23-8-3-2-4-9-23)21-27(32)29-25-11-13-26(14-12-25)30-15-17-34-18-16-30/h2-14H,15-21H2,1H3,(H,29,32). The molecule has 34 heavy (non-hydrogen) atoms. The fraction of sp³-hybridized carbons (Fsp3) is 0.286. The number of hydrogen-bond donors (Lipinski definition) is 1. The van der Waals surface area contributed by atoms with Crippen molar-refractivity contribution in [1.29, 1.82) is 0 Å². The molecule has 1 fully saturated rings. The van der Waals surface area contributed by atoms with E-state index in [4.69, 9.17) is 4.74 Å². The van der Waals surface area contributed by atoms with Crippen LogP contribution in [0.4, 0.5) is 11.4 Å². The topological polar surface area (TPSA) is 61.9 Å². The molecule has 2 amide bonds. The van der Waals surface area contributed by atoms with Crippen molar-refractivity contribution in [2.45, 2.75) is 19.9 Å². The number of nitrogens with zero attached hydrogens (tertiary/aromatic N) is 2. The summed E-state index contributed by atoms with van der Waals surface area (Å²) in [5, 5.41) is 2.95. The smallest absolute Gasteiger partial charge is 0.244 e. The van der Waals surface area contributed by atoms with E-state index < -0.39 is 0 Å². The average Bonchev–Trinajstić information content (AvgIpc) is 2.86. The van der Waals surface area contributed by atoms with Gasteiger partial charge in [-0.15, -0.1) is 0 Å². The average molecular weight is 458 g/mol. The number of amides is 2. The van der Waals surface area contributed by atoms with Gasteiger partial charge in [-0.25, -0.2) is 0 Å². The summed E-state index contributed by atoms with van der Waals surface area (Å²) in [6.07, 6.45) is 0.258. The monoisotopic (exact) mass is 457 g/mol. The van der Waals surface area contributed by atoms with Gasteiger partial charge in [0, 0.05) is 31.0 Å². The van der Waals surface area contributed by atoms with Crippen LogP contribution in [0.25, 0.3) is 0 Å². The highest BCUT2D eigenvalue weighted by molar-refractivity contribution is 5.95. The van der Waals surface area contributed by atoms with Gasteiger partial charge >= 0.3 is 0 Å². The molecule has 4 rings (SSSR count). The van der Waals surface area contributed by atoms with Gasteiger partial charge in [-0.3, -0.25) is 9.59 Å². The first-order chi connectivity index (χ1) is 16.6. The lowest BCUT2D eigenvalue weighted by molar-refractivity contribution is -0.134. The van der Waals surface area contributed by atoms with Crippen molar-refractivity contribution in [3.8, 4) is 0 Å². The molecule has 3 aromatic carbocycles. The molecule has 1 aliphatic heterocycles. The number of carbonyl (C=O) groups is 2. The molecular formula is C28H31N3O3. The molecule has 1 aliphatic rings. The molecule has 0 aliphatic carbocycles. The first-order valence-electron chi connectivity index (χ1n) is 11.7. The minimum atomic E-state index is -0.214. The van der Waals surface area contributed by atoms with Gasteiger partial charge < -0.3 is 19.9 Å². The Morgan fingerprint density at radius 2 is 1.59 bits per heavy atom. The highest BCUT2D eigenvalue weighted by atomic mass is 16.5. The van der Waals surface area contributed by atoms with E-state index in [0.717, 1.165) is 48.7 Å². The zero-order valence-corrected chi connectivity index (χ0v) is 19.6. The molecule has 0 unspecified atom stereocenters. The molecule has 0 saturated carbocycles. The molecule has 0 spiro atoms. The van der Waals surface area contributed by atoms with E-state index in [-0.39, 0.29) is 24.8 Å². The molecule has 3 aromatic rings. The fourth-order valence-corrected chi connectivity index (χ4v) is 4.06. The Morgan fingerprint density at radius 1 is 0.912 bits per heavy atom.